The second kappa shape index (κ2) is 4.82. The van der Waals surface area contributed by atoms with E-state index in [1.807, 2.05) is 6.92 Å². The van der Waals surface area contributed by atoms with E-state index in [0.29, 0.717) is 23.9 Å². The van der Waals surface area contributed by atoms with Gasteiger partial charge in [-0.15, -0.1) is 0 Å². The normalized spacial score (nSPS) is 10.5. The summed E-state index contributed by atoms with van der Waals surface area (Å²) in [5.41, 5.74) is 5.77. The molecule has 0 saturated carbocycles. The summed E-state index contributed by atoms with van der Waals surface area (Å²) < 4.78 is 20.3. The highest BCUT2D eigenvalue weighted by atomic mass is 19.1. The zero-order chi connectivity index (χ0) is 12.3. The largest absolute Gasteiger partial charge is 0.492 e. The third-order valence-electron chi connectivity index (χ3n) is 2.18. The lowest BCUT2D eigenvalue weighted by Crippen LogP contribution is -2.06. The molecule has 2 N–H and O–H groups in total. The Bertz CT molecular complexity index is 512. The molecule has 0 fully saturated rings. The number of aromatic nitrogens is 3. The van der Waals surface area contributed by atoms with E-state index < -0.39 is 5.82 Å². The molecule has 6 heteroatoms. The number of anilines is 1. The molecule has 90 valence electrons. The van der Waals surface area contributed by atoms with Gasteiger partial charge < -0.3 is 10.5 Å². The highest BCUT2D eigenvalue weighted by Gasteiger charge is 2.07. The molecule has 0 aliphatic heterocycles. The van der Waals surface area contributed by atoms with Crippen molar-refractivity contribution in [1.82, 2.24) is 14.8 Å². The first-order valence-electron chi connectivity index (χ1n) is 5.25. The highest BCUT2D eigenvalue weighted by molar-refractivity contribution is 5.25. The van der Waals surface area contributed by atoms with Crippen LogP contribution in [0.25, 0.3) is 0 Å². The van der Waals surface area contributed by atoms with Crippen LogP contribution in [0, 0.1) is 5.82 Å². The first-order chi connectivity index (χ1) is 8.19. The van der Waals surface area contributed by atoms with E-state index in [1.165, 1.54) is 16.9 Å². The van der Waals surface area contributed by atoms with Crippen LogP contribution in [0.4, 0.5) is 10.2 Å². The SMILES string of the molecule is CCOc1cnc(Cn2ccc(N)n2)c(F)c1. The van der Waals surface area contributed by atoms with Crippen LogP contribution in [0.15, 0.2) is 24.5 Å². The molecule has 0 spiro atoms. The van der Waals surface area contributed by atoms with Gasteiger partial charge in [0.05, 0.1) is 25.0 Å². The van der Waals surface area contributed by atoms with Crippen LogP contribution in [0.2, 0.25) is 0 Å². The van der Waals surface area contributed by atoms with Crippen LogP contribution >= 0.6 is 0 Å². The minimum atomic E-state index is -0.412. The van der Waals surface area contributed by atoms with Crippen molar-refractivity contribution < 1.29 is 9.13 Å². The Balaban J connectivity index is 2.16. The molecule has 0 aromatic carbocycles. The Kier molecular flexibility index (Phi) is 3.22. The summed E-state index contributed by atoms with van der Waals surface area (Å²) in [5.74, 6) is 0.412. The molecule has 17 heavy (non-hydrogen) atoms. The van der Waals surface area contributed by atoms with Crippen molar-refractivity contribution >= 4 is 5.82 Å². The lowest BCUT2D eigenvalue weighted by atomic mass is 10.3. The zero-order valence-electron chi connectivity index (χ0n) is 9.43. The summed E-state index contributed by atoms with van der Waals surface area (Å²) in [6, 6.07) is 2.96. The number of ether oxygens (including phenoxy) is 1. The fraction of sp³-hybridized carbons (Fsp3) is 0.273. The number of halogens is 1. The first kappa shape index (κ1) is 11.4. The van der Waals surface area contributed by atoms with Crippen LogP contribution in [0.3, 0.4) is 0 Å². The fourth-order valence-electron chi connectivity index (χ4n) is 1.43. The molecule has 0 atom stereocenters. The third-order valence-corrected chi connectivity index (χ3v) is 2.18. The molecule has 2 aromatic heterocycles. The number of pyridine rings is 1. The molecule has 0 radical (unpaired) electrons. The summed E-state index contributed by atoms with van der Waals surface area (Å²) in [5, 5.41) is 3.96. The third kappa shape index (κ3) is 2.72. The zero-order valence-corrected chi connectivity index (χ0v) is 9.43. The van der Waals surface area contributed by atoms with Crippen molar-refractivity contribution in [3.8, 4) is 5.75 Å². The Morgan fingerprint density at radius 1 is 1.53 bits per heavy atom. The molecular weight excluding hydrogens is 223 g/mol. The number of hydrogen-bond acceptors (Lipinski definition) is 4. The maximum Gasteiger partial charge on any atom is 0.150 e. The Morgan fingerprint density at radius 2 is 2.35 bits per heavy atom. The van der Waals surface area contributed by atoms with Crippen molar-refractivity contribution in [3.05, 3.63) is 36.0 Å². The molecule has 5 nitrogen and oxygen atoms in total. The van der Waals surface area contributed by atoms with E-state index in [9.17, 15) is 4.39 Å². The van der Waals surface area contributed by atoms with E-state index in [-0.39, 0.29) is 6.54 Å². The van der Waals surface area contributed by atoms with Crippen molar-refractivity contribution in [2.75, 3.05) is 12.3 Å². The molecular formula is C11H13FN4O. The van der Waals surface area contributed by atoms with Gasteiger partial charge in [0.2, 0.25) is 0 Å². The molecule has 2 rings (SSSR count). The van der Waals surface area contributed by atoms with Gasteiger partial charge in [0.1, 0.15) is 17.4 Å². The number of nitrogen functional groups attached to an aromatic ring is 1. The second-order valence-corrected chi connectivity index (χ2v) is 3.47. The monoisotopic (exact) mass is 236 g/mol. The van der Waals surface area contributed by atoms with E-state index >= 15 is 0 Å². The van der Waals surface area contributed by atoms with Crippen LogP contribution in [0.1, 0.15) is 12.6 Å². The smallest absolute Gasteiger partial charge is 0.150 e. The van der Waals surface area contributed by atoms with E-state index in [4.69, 9.17) is 10.5 Å². The molecule has 0 saturated heterocycles. The van der Waals surface area contributed by atoms with Crippen LogP contribution < -0.4 is 10.5 Å². The van der Waals surface area contributed by atoms with Crippen molar-refractivity contribution in [1.29, 1.82) is 0 Å². The lowest BCUT2D eigenvalue weighted by Gasteiger charge is -2.06. The minimum Gasteiger partial charge on any atom is -0.492 e. The van der Waals surface area contributed by atoms with Gasteiger partial charge >= 0.3 is 0 Å². The average molecular weight is 236 g/mol. The van der Waals surface area contributed by atoms with Gasteiger partial charge in [0, 0.05) is 12.3 Å². The van der Waals surface area contributed by atoms with E-state index in [1.54, 1.807) is 12.3 Å². The van der Waals surface area contributed by atoms with Crippen LogP contribution in [0.5, 0.6) is 5.75 Å². The first-order valence-corrected chi connectivity index (χ1v) is 5.25. The molecule has 0 unspecified atom stereocenters. The molecule has 2 heterocycles. The van der Waals surface area contributed by atoms with Crippen molar-refractivity contribution in [2.24, 2.45) is 0 Å². The Hall–Kier alpha value is -2.11. The highest BCUT2D eigenvalue weighted by Crippen LogP contribution is 2.14. The molecule has 0 amide bonds. The maximum absolute atomic E-state index is 13.7. The maximum atomic E-state index is 13.7. The predicted octanol–water partition coefficient (Wildman–Crippen LogP) is 1.45. The summed E-state index contributed by atoms with van der Waals surface area (Å²) in [7, 11) is 0. The van der Waals surface area contributed by atoms with Gasteiger partial charge in [-0.2, -0.15) is 5.10 Å². The molecule has 0 bridgehead atoms. The molecule has 2 aromatic rings. The number of rotatable bonds is 4. The average Bonchev–Trinajstić information content (AvgIpc) is 2.69. The summed E-state index contributed by atoms with van der Waals surface area (Å²) >= 11 is 0. The van der Waals surface area contributed by atoms with E-state index in [0.717, 1.165) is 0 Å². The lowest BCUT2D eigenvalue weighted by molar-refractivity contribution is 0.336. The van der Waals surface area contributed by atoms with E-state index in [2.05, 4.69) is 10.1 Å². The topological polar surface area (TPSA) is 66.0 Å². The summed E-state index contributed by atoms with van der Waals surface area (Å²) in [6.45, 7) is 2.56. The molecule has 0 aliphatic carbocycles. The van der Waals surface area contributed by atoms with Gasteiger partial charge in [0.25, 0.3) is 0 Å². The van der Waals surface area contributed by atoms with Gasteiger partial charge in [0.15, 0.2) is 0 Å². The Morgan fingerprint density at radius 3 is 2.94 bits per heavy atom. The Labute approximate surface area is 98.0 Å². The van der Waals surface area contributed by atoms with Crippen LogP contribution in [-0.2, 0) is 6.54 Å². The fourth-order valence-corrected chi connectivity index (χ4v) is 1.43. The minimum absolute atomic E-state index is 0.245. The van der Waals surface area contributed by atoms with Gasteiger partial charge in [-0.3, -0.25) is 9.67 Å². The number of nitrogens with zero attached hydrogens (tertiary/aromatic N) is 3. The quantitative estimate of drug-likeness (QED) is 0.872. The molecule has 0 aliphatic rings. The van der Waals surface area contributed by atoms with Gasteiger partial charge in [-0.25, -0.2) is 4.39 Å². The van der Waals surface area contributed by atoms with Gasteiger partial charge in [-0.05, 0) is 13.0 Å². The van der Waals surface area contributed by atoms with Crippen LogP contribution in [-0.4, -0.2) is 21.4 Å². The standard InChI is InChI=1S/C11H13FN4O/c1-2-17-8-5-9(12)10(14-6-8)7-16-4-3-11(13)15-16/h3-6H,2,7H2,1H3,(H2,13,15). The van der Waals surface area contributed by atoms with Crippen molar-refractivity contribution in [2.45, 2.75) is 13.5 Å². The van der Waals surface area contributed by atoms with Crippen molar-refractivity contribution in [3.63, 3.8) is 0 Å². The number of hydrogen-bond donors (Lipinski definition) is 1. The second-order valence-electron chi connectivity index (χ2n) is 3.47. The van der Waals surface area contributed by atoms with Gasteiger partial charge in [-0.1, -0.05) is 0 Å². The summed E-state index contributed by atoms with van der Waals surface area (Å²) in [6.07, 6.45) is 3.17. The predicted molar refractivity (Wildman–Crippen MR) is 61.1 cm³/mol. The summed E-state index contributed by atoms with van der Waals surface area (Å²) in [4.78, 5) is 4.00. The number of nitrogens with two attached hydrogens (primary N) is 1.